The standard InChI is InChI=1S/C18H21ClN2O/c1-13-8-4-6-10-16(13)14(2)20-18(22)21(3)12-15-9-5-7-11-17(15)19/h4-11,14H,12H2,1-3H3,(H,20,22). The fourth-order valence-electron chi connectivity index (χ4n) is 2.40. The molecule has 0 saturated carbocycles. The Labute approximate surface area is 136 Å². The highest BCUT2D eigenvalue weighted by Gasteiger charge is 2.15. The molecule has 1 N–H and O–H groups in total. The summed E-state index contributed by atoms with van der Waals surface area (Å²) < 4.78 is 0. The minimum atomic E-state index is -0.115. The molecule has 2 aromatic carbocycles. The van der Waals surface area contributed by atoms with Gasteiger partial charge in [0.1, 0.15) is 0 Å². The zero-order valence-corrected chi connectivity index (χ0v) is 13.9. The number of rotatable bonds is 4. The van der Waals surface area contributed by atoms with Crippen LogP contribution in [-0.4, -0.2) is 18.0 Å². The molecule has 22 heavy (non-hydrogen) atoms. The van der Waals surface area contributed by atoms with E-state index < -0.39 is 0 Å². The summed E-state index contributed by atoms with van der Waals surface area (Å²) in [6, 6.07) is 15.5. The maximum Gasteiger partial charge on any atom is 0.317 e. The first-order valence-electron chi connectivity index (χ1n) is 7.29. The number of hydrogen-bond donors (Lipinski definition) is 1. The minimum Gasteiger partial charge on any atom is -0.331 e. The third-order valence-electron chi connectivity index (χ3n) is 3.71. The van der Waals surface area contributed by atoms with Crippen LogP contribution in [0.2, 0.25) is 5.02 Å². The van der Waals surface area contributed by atoms with E-state index in [9.17, 15) is 4.79 Å². The van der Waals surface area contributed by atoms with E-state index in [2.05, 4.69) is 5.32 Å². The van der Waals surface area contributed by atoms with Gasteiger partial charge in [-0.05, 0) is 36.6 Å². The van der Waals surface area contributed by atoms with Crippen LogP contribution in [0.3, 0.4) is 0 Å². The van der Waals surface area contributed by atoms with Crippen LogP contribution in [0.5, 0.6) is 0 Å². The molecule has 2 amide bonds. The Balaban J connectivity index is 2.00. The summed E-state index contributed by atoms with van der Waals surface area (Å²) in [5, 5.41) is 3.70. The van der Waals surface area contributed by atoms with Crippen molar-refractivity contribution in [2.45, 2.75) is 26.4 Å². The Bertz CT molecular complexity index is 657. The van der Waals surface area contributed by atoms with Crippen LogP contribution in [0.4, 0.5) is 4.79 Å². The molecule has 0 aliphatic rings. The second kappa shape index (κ2) is 7.32. The number of aryl methyl sites for hydroxylation is 1. The van der Waals surface area contributed by atoms with Crippen LogP contribution in [0.1, 0.15) is 29.7 Å². The Kier molecular flexibility index (Phi) is 5.45. The van der Waals surface area contributed by atoms with Gasteiger partial charge in [0.05, 0.1) is 6.04 Å². The highest BCUT2D eigenvalue weighted by atomic mass is 35.5. The number of urea groups is 1. The monoisotopic (exact) mass is 316 g/mol. The van der Waals surface area contributed by atoms with Gasteiger partial charge in [-0.25, -0.2) is 4.79 Å². The van der Waals surface area contributed by atoms with Crippen molar-refractivity contribution in [3.63, 3.8) is 0 Å². The summed E-state index contributed by atoms with van der Waals surface area (Å²) in [4.78, 5) is 14.0. The van der Waals surface area contributed by atoms with E-state index in [1.54, 1.807) is 11.9 Å². The molecule has 4 heteroatoms. The predicted octanol–water partition coefficient (Wildman–Crippen LogP) is 4.55. The molecule has 0 bridgehead atoms. The normalized spacial score (nSPS) is 11.8. The summed E-state index contributed by atoms with van der Waals surface area (Å²) in [5.41, 5.74) is 3.23. The summed E-state index contributed by atoms with van der Waals surface area (Å²) in [5.74, 6) is 0. The van der Waals surface area contributed by atoms with Crippen molar-refractivity contribution in [2.75, 3.05) is 7.05 Å². The van der Waals surface area contributed by atoms with E-state index in [0.717, 1.165) is 11.1 Å². The van der Waals surface area contributed by atoms with E-state index in [4.69, 9.17) is 11.6 Å². The second-order valence-electron chi connectivity index (χ2n) is 5.48. The molecule has 116 valence electrons. The number of halogens is 1. The van der Waals surface area contributed by atoms with Crippen molar-refractivity contribution in [3.05, 3.63) is 70.2 Å². The highest BCUT2D eigenvalue weighted by Crippen LogP contribution is 2.18. The van der Waals surface area contributed by atoms with Crippen LogP contribution in [-0.2, 0) is 6.54 Å². The average Bonchev–Trinajstić information content (AvgIpc) is 2.49. The van der Waals surface area contributed by atoms with Crippen LogP contribution >= 0.6 is 11.6 Å². The van der Waals surface area contributed by atoms with Gasteiger partial charge >= 0.3 is 6.03 Å². The number of carbonyl (C=O) groups excluding carboxylic acids is 1. The molecule has 0 heterocycles. The van der Waals surface area contributed by atoms with Crippen molar-refractivity contribution in [1.82, 2.24) is 10.2 Å². The molecule has 1 unspecified atom stereocenters. The molecular weight excluding hydrogens is 296 g/mol. The fourth-order valence-corrected chi connectivity index (χ4v) is 2.60. The van der Waals surface area contributed by atoms with Crippen LogP contribution in [0.25, 0.3) is 0 Å². The molecule has 3 nitrogen and oxygen atoms in total. The van der Waals surface area contributed by atoms with Crippen molar-refractivity contribution in [3.8, 4) is 0 Å². The number of nitrogens with one attached hydrogen (secondary N) is 1. The molecule has 0 aliphatic carbocycles. The largest absolute Gasteiger partial charge is 0.331 e. The number of amides is 2. The molecule has 0 saturated heterocycles. The second-order valence-corrected chi connectivity index (χ2v) is 5.88. The third-order valence-corrected chi connectivity index (χ3v) is 4.08. The van der Waals surface area contributed by atoms with Gasteiger partial charge in [0.2, 0.25) is 0 Å². The van der Waals surface area contributed by atoms with Gasteiger partial charge in [0.25, 0.3) is 0 Å². The maximum atomic E-state index is 12.3. The Hall–Kier alpha value is -2.00. The van der Waals surface area contributed by atoms with E-state index in [-0.39, 0.29) is 12.1 Å². The summed E-state index contributed by atoms with van der Waals surface area (Å²) in [7, 11) is 1.77. The van der Waals surface area contributed by atoms with E-state index in [1.807, 2.05) is 62.4 Å². The summed E-state index contributed by atoms with van der Waals surface area (Å²) in [6.07, 6.45) is 0. The molecule has 0 aliphatic heterocycles. The first-order valence-corrected chi connectivity index (χ1v) is 7.67. The lowest BCUT2D eigenvalue weighted by Crippen LogP contribution is -2.38. The zero-order chi connectivity index (χ0) is 16.1. The maximum absolute atomic E-state index is 12.3. The molecule has 0 aromatic heterocycles. The SMILES string of the molecule is Cc1ccccc1C(C)NC(=O)N(C)Cc1ccccc1Cl. The fraction of sp³-hybridized carbons (Fsp3) is 0.278. The van der Waals surface area contributed by atoms with Crippen LogP contribution < -0.4 is 5.32 Å². The molecular formula is C18H21ClN2O. The van der Waals surface area contributed by atoms with Gasteiger partial charge in [-0.2, -0.15) is 0 Å². The third kappa shape index (κ3) is 4.01. The van der Waals surface area contributed by atoms with Crippen molar-refractivity contribution in [2.24, 2.45) is 0 Å². The first kappa shape index (κ1) is 16.4. The van der Waals surface area contributed by atoms with Gasteiger partial charge in [-0.3, -0.25) is 0 Å². The molecule has 0 fully saturated rings. The number of benzene rings is 2. The van der Waals surface area contributed by atoms with E-state index in [0.29, 0.717) is 11.6 Å². The number of hydrogen-bond acceptors (Lipinski definition) is 1. The van der Waals surface area contributed by atoms with E-state index >= 15 is 0 Å². The van der Waals surface area contributed by atoms with Gasteiger partial charge < -0.3 is 10.2 Å². The number of nitrogens with zero attached hydrogens (tertiary/aromatic N) is 1. The first-order chi connectivity index (χ1) is 10.5. The smallest absolute Gasteiger partial charge is 0.317 e. The minimum absolute atomic E-state index is 0.0394. The molecule has 2 rings (SSSR count). The lowest BCUT2D eigenvalue weighted by atomic mass is 10.0. The summed E-state index contributed by atoms with van der Waals surface area (Å²) in [6.45, 7) is 4.51. The van der Waals surface area contributed by atoms with Crippen LogP contribution in [0, 0.1) is 6.92 Å². The highest BCUT2D eigenvalue weighted by molar-refractivity contribution is 6.31. The average molecular weight is 317 g/mol. The Morgan fingerprint density at radius 1 is 1.18 bits per heavy atom. The lowest BCUT2D eigenvalue weighted by molar-refractivity contribution is 0.203. The van der Waals surface area contributed by atoms with Gasteiger partial charge in [-0.1, -0.05) is 54.1 Å². The molecule has 0 radical (unpaired) electrons. The Morgan fingerprint density at radius 2 is 1.82 bits per heavy atom. The number of carbonyl (C=O) groups is 1. The van der Waals surface area contributed by atoms with Crippen molar-refractivity contribution in [1.29, 1.82) is 0 Å². The molecule has 0 spiro atoms. The molecule has 2 aromatic rings. The van der Waals surface area contributed by atoms with Gasteiger partial charge in [0.15, 0.2) is 0 Å². The predicted molar refractivity (Wildman–Crippen MR) is 91.0 cm³/mol. The van der Waals surface area contributed by atoms with Crippen LogP contribution in [0.15, 0.2) is 48.5 Å². The van der Waals surface area contributed by atoms with Crippen molar-refractivity contribution < 1.29 is 4.79 Å². The van der Waals surface area contributed by atoms with Gasteiger partial charge in [0, 0.05) is 18.6 Å². The summed E-state index contributed by atoms with van der Waals surface area (Å²) >= 11 is 6.14. The lowest BCUT2D eigenvalue weighted by Gasteiger charge is -2.23. The molecule has 1 atom stereocenters. The topological polar surface area (TPSA) is 32.3 Å². The zero-order valence-electron chi connectivity index (χ0n) is 13.1. The van der Waals surface area contributed by atoms with E-state index in [1.165, 1.54) is 5.56 Å². The van der Waals surface area contributed by atoms with Crippen molar-refractivity contribution >= 4 is 17.6 Å². The van der Waals surface area contributed by atoms with Gasteiger partial charge in [-0.15, -0.1) is 0 Å². The Morgan fingerprint density at radius 3 is 2.50 bits per heavy atom. The quantitative estimate of drug-likeness (QED) is 0.881.